The number of rotatable bonds is 7. The minimum atomic E-state index is -0.895. The van der Waals surface area contributed by atoms with Gasteiger partial charge in [0.25, 0.3) is 0 Å². The molecular weight excluding hydrogens is 270 g/mol. The Morgan fingerprint density at radius 1 is 1.33 bits per heavy atom. The van der Waals surface area contributed by atoms with Crippen molar-refractivity contribution in [3.8, 4) is 5.75 Å². The molecule has 116 valence electrons. The lowest BCUT2D eigenvalue weighted by atomic mass is 9.85. The fraction of sp³-hybridized carbons (Fsp3) is 0.500. The molecule has 21 heavy (non-hydrogen) atoms. The van der Waals surface area contributed by atoms with Gasteiger partial charge in [0.05, 0.1) is 19.6 Å². The highest BCUT2D eigenvalue weighted by Crippen LogP contribution is 2.26. The zero-order chi connectivity index (χ0) is 16.0. The lowest BCUT2D eigenvalue weighted by Gasteiger charge is -2.23. The van der Waals surface area contributed by atoms with Gasteiger partial charge in [0, 0.05) is 6.42 Å². The van der Waals surface area contributed by atoms with Crippen LogP contribution in [0.1, 0.15) is 45.2 Å². The Morgan fingerprint density at radius 2 is 2.00 bits per heavy atom. The number of hydrogen-bond acceptors (Lipinski definition) is 3. The van der Waals surface area contributed by atoms with E-state index in [1.165, 1.54) is 0 Å². The molecule has 1 amide bonds. The summed E-state index contributed by atoms with van der Waals surface area (Å²) in [6.45, 7) is 5.44. The molecule has 1 aromatic rings. The fourth-order valence-electron chi connectivity index (χ4n) is 2.19. The number of carboxylic acid groups (broad SMARTS) is 1. The van der Waals surface area contributed by atoms with Crippen molar-refractivity contribution in [1.29, 1.82) is 0 Å². The minimum Gasteiger partial charge on any atom is -0.497 e. The van der Waals surface area contributed by atoms with E-state index in [0.717, 1.165) is 11.3 Å². The number of hydrogen-bond donors (Lipinski definition) is 2. The summed E-state index contributed by atoms with van der Waals surface area (Å²) in [7, 11) is 1.59. The van der Waals surface area contributed by atoms with Crippen LogP contribution in [-0.2, 0) is 9.59 Å². The summed E-state index contributed by atoms with van der Waals surface area (Å²) in [5.41, 5.74) is 0.378. The lowest BCUT2D eigenvalue weighted by Crippen LogP contribution is -2.31. The summed E-state index contributed by atoms with van der Waals surface area (Å²) >= 11 is 0. The maximum Gasteiger partial charge on any atom is 0.303 e. The lowest BCUT2D eigenvalue weighted by molar-refractivity contribution is -0.139. The molecule has 2 N–H and O–H groups in total. The van der Waals surface area contributed by atoms with Gasteiger partial charge in [-0.1, -0.05) is 26.0 Å². The molecule has 0 saturated heterocycles. The first kappa shape index (κ1) is 17.0. The van der Waals surface area contributed by atoms with Crippen LogP contribution in [0.4, 0.5) is 0 Å². The van der Waals surface area contributed by atoms with Gasteiger partial charge in [0.1, 0.15) is 5.75 Å². The summed E-state index contributed by atoms with van der Waals surface area (Å²) in [5.74, 6) is -0.315. The molecule has 0 saturated carbocycles. The third-order valence-corrected chi connectivity index (χ3v) is 3.24. The normalized spacial score (nSPS) is 12.6. The first-order chi connectivity index (χ1) is 9.73. The average molecular weight is 293 g/mol. The first-order valence-corrected chi connectivity index (χ1v) is 6.88. The molecule has 1 aromatic carbocycles. The molecule has 5 nitrogen and oxygen atoms in total. The second kappa shape index (κ2) is 7.11. The van der Waals surface area contributed by atoms with Crippen molar-refractivity contribution in [3.63, 3.8) is 0 Å². The highest BCUT2D eigenvalue weighted by atomic mass is 16.5. The second-order valence-corrected chi connectivity index (χ2v) is 5.98. The van der Waals surface area contributed by atoms with Gasteiger partial charge in [-0.05, 0) is 30.0 Å². The monoisotopic (exact) mass is 293 g/mol. The van der Waals surface area contributed by atoms with Crippen molar-refractivity contribution in [3.05, 3.63) is 29.8 Å². The molecule has 1 rings (SSSR count). The number of carboxylic acids is 1. The average Bonchev–Trinajstić information content (AvgIpc) is 2.36. The SMILES string of the molecule is COc1cccc([C@@H](C)NC(=O)CC(C)(C)CC(=O)O)c1. The van der Waals surface area contributed by atoms with Gasteiger partial charge in [-0.15, -0.1) is 0 Å². The third kappa shape index (κ3) is 5.85. The molecule has 0 aromatic heterocycles. The van der Waals surface area contributed by atoms with Crippen LogP contribution in [0.2, 0.25) is 0 Å². The van der Waals surface area contributed by atoms with Crippen LogP contribution in [0, 0.1) is 5.41 Å². The molecule has 0 aliphatic rings. The summed E-state index contributed by atoms with van der Waals surface area (Å²) in [5, 5.41) is 11.7. The first-order valence-electron chi connectivity index (χ1n) is 6.88. The highest BCUT2D eigenvalue weighted by molar-refractivity contribution is 5.78. The van der Waals surface area contributed by atoms with Gasteiger partial charge in [-0.3, -0.25) is 9.59 Å². The molecule has 5 heteroatoms. The number of nitrogens with one attached hydrogen (secondary N) is 1. The zero-order valence-corrected chi connectivity index (χ0v) is 13.0. The van der Waals surface area contributed by atoms with Gasteiger partial charge in [-0.25, -0.2) is 0 Å². The summed E-state index contributed by atoms with van der Waals surface area (Å²) in [6, 6.07) is 7.33. The van der Waals surface area contributed by atoms with E-state index >= 15 is 0 Å². The standard InChI is InChI=1S/C16H23NO4/c1-11(12-6-5-7-13(8-12)21-4)17-14(18)9-16(2,3)10-15(19)20/h5-8,11H,9-10H2,1-4H3,(H,17,18)(H,19,20)/t11-/m1/s1. The van der Waals surface area contributed by atoms with Gasteiger partial charge in [0.15, 0.2) is 0 Å². The summed E-state index contributed by atoms with van der Waals surface area (Å²) in [4.78, 5) is 22.8. The van der Waals surface area contributed by atoms with Crippen molar-refractivity contribution in [2.24, 2.45) is 5.41 Å². The Balaban J connectivity index is 2.63. The van der Waals surface area contributed by atoms with Crippen molar-refractivity contribution in [2.75, 3.05) is 7.11 Å². The zero-order valence-electron chi connectivity index (χ0n) is 13.0. The van der Waals surface area contributed by atoms with Gasteiger partial charge in [-0.2, -0.15) is 0 Å². The van der Waals surface area contributed by atoms with Crippen LogP contribution in [0.5, 0.6) is 5.75 Å². The van der Waals surface area contributed by atoms with Crippen LogP contribution < -0.4 is 10.1 Å². The van der Waals surface area contributed by atoms with Crippen LogP contribution in [0.25, 0.3) is 0 Å². The van der Waals surface area contributed by atoms with Gasteiger partial charge < -0.3 is 15.2 Å². The molecule has 1 atom stereocenters. The Bertz CT molecular complexity index is 511. The highest BCUT2D eigenvalue weighted by Gasteiger charge is 2.25. The number of ether oxygens (including phenoxy) is 1. The minimum absolute atomic E-state index is 0.0338. The number of amides is 1. The maximum absolute atomic E-state index is 12.0. The Labute approximate surface area is 125 Å². The molecule has 0 heterocycles. The molecule has 0 fully saturated rings. The number of carbonyl (C=O) groups is 2. The van der Waals surface area contributed by atoms with Gasteiger partial charge >= 0.3 is 5.97 Å². The molecule has 0 aliphatic carbocycles. The smallest absolute Gasteiger partial charge is 0.303 e. The van der Waals surface area contributed by atoms with Crippen molar-refractivity contribution in [1.82, 2.24) is 5.32 Å². The van der Waals surface area contributed by atoms with E-state index in [2.05, 4.69) is 5.32 Å². The Hall–Kier alpha value is -2.04. The van der Waals surface area contributed by atoms with Crippen LogP contribution in [0.3, 0.4) is 0 Å². The topological polar surface area (TPSA) is 75.6 Å². The molecule has 0 aliphatic heterocycles. The van der Waals surface area contributed by atoms with E-state index in [-0.39, 0.29) is 24.8 Å². The Kier molecular flexibility index (Phi) is 5.76. The largest absolute Gasteiger partial charge is 0.497 e. The van der Waals surface area contributed by atoms with Crippen molar-refractivity contribution >= 4 is 11.9 Å². The van der Waals surface area contributed by atoms with Crippen molar-refractivity contribution in [2.45, 2.75) is 39.7 Å². The van der Waals surface area contributed by atoms with Crippen molar-refractivity contribution < 1.29 is 19.4 Å². The Morgan fingerprint density at radius 3 is 2.57 bits per heavy atom. The number of benzene rings is 1. The maximum atomic E-state index is 12.0. The predicted octanol–water partition coefficient (Wildman–Crippen LogP) is 2.76. The molecule has 0 unspecified atom stereocenters. The predicted molar refractivity (Wildman–Crippen MR) is 80.2 cm³/mol. The number of methoxy groups -OCH3 is 1. The molecule has 0 radical (unpaired) electrons. The quantitative estimate of drug-likeness (QED) is 0.810. The summed E-state index contributed by atoms with van der Waals surface area (Å²) in [6.07, 6.45) is 0.140. The fourth-order valence-corrected chi connectivity index (χ4v) is 2.19. The van der Waals surface area contributed by atoms with Crippen LogP contribution >= 0.6 is 0 Å². The number of carbonyl (C=O) groups excluding carboxylic acids is 1. The van der Waals surface area contributed by atoms with E-state index in [0.29, 0.717) is 0 Å². The van der Waals surface area contributed by atoms with E-state index in [9.17, 15) is 9.59 Å². The molecular formula is C16H23NO4. The van der Waals surface area contributed by atoms with E-state index < -0.39 is 11.4 Å². The number of aliphatic carboxylic acids is 1. The third-order valence-electron chi connectivity index (χ3n) is 3.24. The van der Waals surface area contributed by atoms with E-state index in [1.807, 2.05) is 31.2 Å². The van der Waals surface area contributed by atoms with Crippen LogP contribution in [-0.4, -0.2) is 24.1 Å². The molecule has 0 spiro atoms. The molecule has 0 bridgehead atoms. The van der Waals surface area contributed by atoms with E-state index in [4.69, 9.17) is 9.84 Å². The summed E-state index contributed by atoms with van der Waals surface area (Å²) < 4.78 is 5.16. The van der Waals surface area contributed by atoms with Crippen LogP contribution in [0.15, 0.2) is 24.3 Å². The second-order valence-electron chi connectivity index (χ2n) is 5.98. The van der Waals surface area contributed by atoms with Gasteiger partial charge in [0.2, 0.25) is 5.91 Å². The van der Waals surface area contributed by atoms with E-state index in [1.54, 1.807) is 21.0 Å².